The Balaban J connectivity index is 2.88. The number of hydrogen-bond acceptors (Lipinski definition) is 3. The van der Waals surface area contributed by atoms with E-state index in [0.29, 0.717) is 0 Å². The molecule has 1 rings (SSSR count). The first-order chi connectivity index (χ1) is 7.83. The molecule has 1 N–H and O–H groups in total. The van der Waals surface area contributed by atoms with Crippen LogP contribution in [0.2, 0.25) is 0 Å². The summed E-state index contributed by atoms with van der Waals surface area (Å²) in [4.78, 5) is 0. The molecular weight excluding hydrogens is 234 g/mol. The van der Waals surface area contributed by atoms with Gasteiger partial charge in [0, 0.05) is 12.3 Å². The normalized spacial score (nSPS) is 13.6. The van der Waals surface area contributed by atoms with Crippen LogP contribution in [-0.4, -0.2) is 33.5 Å². The molecule has 1 unspecified atom stereocenters. The Kier molecular flexibility index (Phi) is 4.71. The second-order valence-electron chi connectivity index (χ2n) is 4.65. The number of likely N-dealkylation sites (N-methyl/N-ethyl adjacent to an activating group) is 1. The van der Waals surface area contributed by atoms with Gasteiger partial charge in [0.15, 0.2) is 0 Å². The molecule has 0 bridgehead atoms. The summed E-state index contributed by atoms with van der Waals surface area (Å²) in [6.07, 6.45) is 2.03. The van der Waals surface area contributed by atoms with Gasteiger partial charge in [-0.2, -0.15) is 0 Å². The van der Waals surface area contributed by atoms with Gasteiger partial charge in [-0.15, -0.1) is 0 Å². The number of rotatable bonds is 5. The monoisotopic (exact) mass is 255 g/mol. The highest BCUT2D eigenvalue weighted by atomic mass is 32.2. The van der Waals surface area contributed by atoms with E-state index in [4.69, 9.17) is 0 Å². The van der Waals surface area contributed by atoms with Gasteiger partial charge in [-0.05, 0) is 44.0 Å². The molecule has 1 aromatic rings. The van der Waals surface area contributed by atoms with Gasteiger partial charge >= 0.3 is 0 Å². The van der Waals surface area contributed by atoms with Crippen molar-refractivity contribution in [3.8, 4) is 0 Å². The summed E-state index contributed by atoms with van der Waals surface area (Å²) in [6, 6.07) is 6.13. The molecule has 1 aromatic carbocycles. The third-order valence-corrected chi connectivity index (χ3v) is 4.02. The first-order valence-corrected chi connectivity index (χ1v) is 7.79. The van der Waals surface area contributed by atoms with Crippen LogP contribution in [0, 0.1) is 13.8 Å². The van der Waals surface area contributed by atoms with Gasteiger partial charge in [0.25, 0.3) is 0 Å². The zero-order chi connectivity index (χ0) is 13.1. The largest absolute Gasteiger partial charge is 0.316 e. The number of benzene rings is 1. The van der Waals surface area contributed by atoms with Gasteiger partial charge in [0.2, 0.25) is 0 Å². The lowest BCUT2D eigenvalue weighted by Crippen LogP contribution is -2.35. The highest BCUT2D eigenvalue weighted by molar-refractivity contribution is 7.90. The van der Waals surface area contributed by atoms with Crippen molar-refractivity contribution < 1.29 is 8.42 Å². The minimum absolute atomic E-state index is 0.0233. The molecule has 0 radical (unpaired) electrons. The number of sulfone groups is 1. The number of hydrogen-bond donors (Lipinski definition) is 1. The van der Waals surface area contributed by atoms with E-state index in [2.05, 4.69) is 31.3 Å². The van der Waals surface area contributed by atoms with Gasteiger partial charge in [-0.1, -0.05) is 18.2 Å². The van der Waals surface area contributed by atoms with Crippen molar-refractivity contribution in [2.75, 3.05) is 19.1 Å². The molecule has 0 aliphatic rings. The van der Waals surface area contributed by atoms with E-state index in [0.717, 1.165) is 6.42 Å². The predicted molar refractivity (Wildman–Crippen MR) is 72.2 cm³/mol. The van der Waals surface area contributed by atoms with Gasteiger partial charge in [-0.3, -0.25) is 0 Å². The maximum absolute atomic E-state index is 11.3. The molecule has 0 saturated heterocycles. The van der Waals surface area contributed by atoms with Crippen molar-refractivity contribution in [1.82, 2.24) is 5.32 Å². The van der Waals surface area contributed by atoms with Crippen molar-refractivity contribution in [3.05, 3.63) is 34.9 Å². The fourth-order valence-corrected chi connectivity index (χ4v) is 3.04. The second-order valence-corrected chi connectivity index (χ2v) is 6.84. The van der Waals surface area contributed by atoms with Crippen LogP contribution in [0.4, 0.5) is 0 Å². The molecule has 4 heteroatoms. The van der Waals surface area contributed by atoms with Crippen LogP contribution in [-0.2, 0) is 16.3 Å². The molecule has 0 aliphatic carbocycles. The molecule has 0 fully saturated rings. The van der Waals surface area contributed by atoms with Crippen molar-refractivity contribution in [3.63, 3.8) is 0 Å². The standard InChI is InChI=1S/C13H21NO2S/c1-10-6-5-7-11(2)13(10)8-12(14-3)9-17(4,15)16/h5-7,12,14H,8-9H2,1-4H3. The molecule has 0 spiro atoms. The summed E-state index contributed by atoms with van der Waals surface area (Å²) < 4.78 is 22.6. The SMILES string of the molecule is CNC(Cc1c(C)cccc1C)CS(C)(=O)=O. The number of nitrogens with one attached hydrogen (secondary N) is 1. The first-order valence-electron chi connectivity index (χ1n) is 5.73. The summed E-state index contributed by atoms with van der Waals surface area (Å²) in [7, 11) is -1.13. The lowest BCUT2D eigenvalue weighted by atomic mass is 9.97. The first kappa shape index (κ1) is 14.2. The van der Waals surface area contributed by atoms with Crippen LogP contribution in [0.1, 0.15) is 16.7 Å². The molecular formula is C13H21NO2S. The summed E-state index contributed by atoms with van der Waals surface area (Å²) >= 11 is 0. The molecule has 1 atom stereocenters. The quantitative estimate of drug-likeness (QED) is 0.867. The minimum Gasteiger partial charge on any atom is -0.316 e. The maximum Gasteiger partial charge on any atom is 0.148 e. The topological polar surface area (TPSA) is 46.2 Å². The van der Waals surface area contributed by atoms with Crippen LogP contribution in [0.5, 0.6) is 0 Å². The van der Waals surface area contributed by atoms with Crippen molar-refractivity contribution >= 4 is 9.84 Å². The molecule has 0 heterocycles. The smallest absolute Gasteiger partial charge is 0.148 e. The van der Waals surface area contributed by atoms with Gasteiger partial charge in [0.1, 0.15) is 9.84 Å². The van der Waals surface area contributed by atoms with Gasteiger partial charge < -0.3 is 5.32 Å². The fourth-order valence-electron chi connectivity index (χ4n) is 2.03. The van der Waals surface area contributed by atoms with E-state index in [1.807, 2.05) is 13.1 Å². The molecule has 0 aromatic heterocycles. The Morgan fingerprint density at radius 3 is 2.18 bits per heavy atom. The summed E-state index contributed by atoms with van der Waals surface area (Å²) in [5, 5.41) is 3.08. The summed E-state index contributed by atoms with van der Waals surface area (Å²) in [6.45, 7) is 4.13. The Morgan fingerprint density at radius 2 is 1.76 bits per heavy atom. The average molecular weight is 255 g/mol. The van der Waals surface area contributed by atoms with E-state index in [1.54, 1.807) is 0 Å². The zero-order valence-corrected chi connectivity index (χ0v) is 11.8. The second kappa shape index (κ2) is 5.65. The maximum atomic E-state index is 11.3. The average Bonchev–Trinajstić information content (AvgIpc) is 2.20. The van der Waals surface area contributed by atoms with Gasteiger partial charge in [-0.25, -0.2) is 8.42 Å². The highest BCUT2D eigenvalue weighted by Gasteiger charge is 2.15. The van der Waals surface area contributed by atoms with Crippen molar-refractivity contribution in [2.45, 2.75) is 26.3 Å². The molecule has 0 saturated carbocycles. The Hall–Kier alpha value is -0.870. The molecule has 0 aliphatic heterocycles. The zero-order valence-electron chi connectivity index (χ0n) is 10.9. The summed E-state index contributed by atoms with van der Waals surface area (Å²) in [5.41, 5.74) is 3.69. The van der Waals surface area contributed by atoms with E-state index in [-0.39, 0.29) is 11.8 Å². The Morgan fingerprint density at radius 1 is 1.24 bits per heavy atom. The van der Waals surface area contributed by atoms with Crippen LogP contribution in [0.3, 0.4) is 0 Å². The summed E-state index contributed by atoms with van der Waals surface area (Å²) in [5.74, 6) is 0.178. The molecule has 17 heavy (non-hydrogen) atoms. The van der Waals surface area contributed by atoms with Gasteiger partial charge in [0.05, 0.1) is 5.75 Å². The van der Waals surface area contributed by atoms with E-state index in [9.17, 15) is 8.42 Å². The van der Waals surface area contributed by atoms with E-state index in [1.165, 1.54) is 22.9 Å². The highest BCUT2D eigenvalue weighted by Crippen LogP contribution is 2.15. The fraction of sp³-hybridized carbons (Fsp3) is 0.538. The van der Waals surface area contributed by atoms with Crippen LogP contribution in [0.25, 0.3) is 0 Å². The molecule has 3 nitrogen and oxygen atoms in total. The number of aryl methyl sites for hydroxylation is 2. The lowest BCUT2D eigenvalue weighted by Gasteiger charge is -2.18. The predicted octanol–water partition coefficient (Wildman–Crippen LogP) is 1.48. The van der Waals surface area contributed by atoms with Crippen molar-refractivity contribution in [2.24, 2.45) is 0 Å². The van der Waals surface area contributed by atoms with E-state index < -0.39 is 9.84 Å². The third kappa shape index (κ3) is 4.48. The van der Waals surface area contributed by atoms with Crippen LogP contribution in [0.15, 0.2) is 18.2 Å². The van der Waals surface area contributed by atoms with Crippen LogP contribution < -0.4 is 5.32 Å². The van der Waals surface area contributed by atoms with Crippen molar-refractivity contribution in [1.29, 1.82) is 0 Å². The Bertz CT molecular complexity index is 460. The lowest BCUT2D eigenvalue weighted by molar-refractivity contribution is 0.565. The molecule has 96 valence electrons. The van der Waals surface area contributed by atoms with Crippen LogP contribution >= 0.6 is 0 Å². The third-order valence-electron chi connectivity index (χ3n) is 3.01. The molecule has 0 amide bonds. The Labute approximate surface area is 104 Å². The minimum atomic E-state index is -2.94. The van der Waals surface area contributed by atoms with E-state index >= 15 is 0 Å².